The third kappa shape index (κ3) is 1.68. The van der Waals surface area contributed by atoms with Gasteiger partial charge in [0, 0.05) is 23.6 Å². The van der Waals surface area contributed by atoms with Crippen LogP contribution >= 0.6 is 11.6 Å². The topological polar surface area (TPSA) is 52.9 Å². The summed E-state index contributed by atoms with van der Waals surface area (Å²) < 4.78 is 0. The molecule has 1 aliphatic rings. The van der Waals surface area contributed by atoms with E-state index in [-0.39, 0.29) is 0 Å². The largest absolute Gasteiger partial charge is 0.411 e. The Morgan fingerprint density at radius 3 is 3.00 bits per heavy atom. The van der Waals surface area contributed by atoms with Gasteiger partial charge in [0.2, 0.25) is 6.41 Å². The van der Waals surface area contributed by atoms with Crippen molar-refractivity contribution >= 4 is 29.4 Å². The van der Waals surface area contributed by atoms with Gasteiger partial charge >= 0.3 is 0 Å². The van der Waals surface area contributed by atoms with Gasteiger partial charge in [-0.05, 0) is 18.2 Å². The summed E-state index contributed by atoms with van der Waals surface area (Å²) in [4.78, 5) is 12.4. The predicted molar refractivity (Wildman–Crippen MR) is 57.8 cm³/mol. The molecular weight excluding hydrogens is 216 g/mol. The van der Waals surface area contributed by atoms with Crippen LogP contribution in [0.2, 0.25) is 5.02 Å². The van der Waals surface area contributed by atoms with Gasteiger partial charge in [-0.3, -0.25) is 4.79 Å². The highest BCUT2D eigenvalue weighted by Crippen LogP contribution is 2.28. The molecule has 78 valence electrons. The van der Waals surface area contributed by atoms with Gasteiger partial charge in [0.25, 0.3) is 0 Å². The third-order valence-corrected chi connectivity index (χ3v) is 2.65. The van der Waals surface area contributed by atoms with E-state index >= 15 is 0 Å². The Morgan fingerprint density at radius 1 is 1.53 bits per heavy atom. The molecule has 15 heavy (non-hydrogen) atoms. The van der Waals surface area contributed by atoms with Gasteiger partial charge in [-0.15, -0.1) is 0 Å². The molecule has 0 saturated heterocycles. The number of nitrogens with zero attached hydrogens (tertiary/aromatic N) is 2. The summed E-state index contributed by atoms with van der Waals surface area (Å²) >= 11 is 5.85. The van der Waals surface area contributed by atoms with E-state index < -0.39 is 0 Å². The smallest absolute Gasteiger partial charge is 0.214 e. The molecule has 0 spiro atoms. The average molecular weight is 225 g/mol. The van der Waals surface area contributed by atoms with E-state index in [4.69, 9.17) is 16.8 Å². The summed E-state index contributed by atoms with van der Waals surface area (Å²) in [6.45, 7) is 0.525. The number of fused-ring (bicyclic) bond motifs is 1. The van der Waals surface area contributed by atoms with Crippen LogP contribution in [0, 0.1) is 0 Å². The van der Waals surface area contributed by atoms with E-state index in [9.17, 15) is 4.79 Å². The SMILES string of the molecule is O=CN1CC/C(=N/O)c2cc(Cl)ccc21. The molecule has 1 aliphatic heterocycles. The molecule has 2 rings (SSSR count). The molecule has 1 aromatic carbocycles. The van der Waals surface area contributed by atoms with Crippen molar-refractivity contribution in [3.63, 3.8) is 0 Å². The molecule has 0 radical (unpaired) electrons. The fourth-order valence-electron chi connectivity index (χ4n) is 1.68. The van der Waals surface area contributed by atoms with Crippen LogP contribution in [0.3, 0.4) is 0 Å². The van der Waals surface area contributed by atoms with Gasteiger partial charge < -0.3 is 10.1 Å². The van der Waals surface area contributed by atoms with Crippen molar-refractivity contribution < 1.29 is 10.0 Å². The molecule has 4 nitrogen and oxygen atoms in total. The first-order chi connectivity index (χ1) is 7.26. The highest BCUT2D eigenvalue weighted by molar-refractivity contribution is 6.31. The van der Waals surface area contributed by atoms with Crippen molar-refractivity contribution in [1.82, 2.24) is 0 Å². The predicted octanol–water partition coefficient (Wildman–Crippen LogP) is 1.88. The van der Waals surface area contributed by atoms with Crippen molar-refractivity contribution in [2.45, 2.75) is 6.42 Å². The third-order valence-electron chi connectivity index (χ3n) is 2.42. The number of carbonyl (C=O) groups excluding carboxylic acids is 1. The maximum atomic E-state index is 10.8. The molecule has 0 saturated carbocycles. The van der Waals surface area contributed by atoms with E-state index in [1.165, 1.54) is 0 Å². The van der Waals surface area contributed by atoms with Crippen molar-refractivity contribution in [3.8, 4) is 0 Å². The second kappa shape index (κ2) is 3.90. The molecule has 5 heteroatoms. The van der Waals surface area contributed by atoms with E-state index in [1.54, 1.807) is 23.1 Å². The number of amides is 1. The van der Waals surface area contributed by atoms with Gasteiger partial charge in [0.15, 0.2) is 0 Å². The molecule has 1 heterocycles. The number of anilines is 1. The van der Waals surface area contributed by atoms with Crippen LogP contribution in [0.15, 0.2) is 23.4 Å². The van der Waals surface area contributed by atoms with Crippen LogP contribution in [-0.4, -0.2) is 23.9 Å². The van der Waals surface area contributed by atoms with Crippen LogP contribution in [0.4, 0.5) is 5.69 Å². The Labute approximate surface area is 91.8 Å². The Kier molecular flexibility index (Phi) is 2.60. The van der Waals surface area contributed by atoms with Crippen molar-refractivity contribution in [1.29, 1.82) is 0 Å². The van der Waals surface area contributed by atoms with Crippen LogP contribution in [0.25, 0.3) is 0 Å². The first kappa shape index (κ1) is 9.98. The lowest BCUT2D eigenvalue weighted by molar-refractivity contribution is -0.107. The van der Waals surface area contributed by atoms with Gasteiger partial charge in [-0.25, -0.2) is 0 Å². The molecule has 0 aliphatic carbocycles. The van der Waals surface area contributed by atoms with E-state index in [0.717, 1.165) is 12.1 Å². The standard InChI is InChI=1S/C10H9ClN2O2/c11-7-1-2-10-8(5-7)9(12-15)3-4-13(10)6-14/h1-2,5-6,15H,3-4H2/b12-9-. The van der Waals surface area contributed by atoms with Gasteiger partial charge in [-0.2, -0.15) is 0 Å². The van der Waals surface area contributed by atoms with Crippen molar-refractivity contribution in [3.05, 3.63) is 28.8 Å². The Morgan fingerprint density at radius 2 is 2.33 bits per heavy atom. The van der Waals surface area contributed by atoms with Crippen molar-refractivity contribution in [2.24, 2.45) is 5.16 Å². The van der Waals surface area contributed by atoms with Gasteiger partial charge in [0.05, 0.1) is 11.4 Å². The number of oxime groups is 1. The molecule has 0 fully saturated rings. The summed E-state index contributed by atoms with van der Waals surface area (Å²) in [7, 11) is 0. The second-order valence-electron chi connectivity index (χ2n) is 3.26. The number of halogens is 1. The second-order valence-corrected chi connectivity index (χ2v) is 3.69. The maximum Gasteiger partial charge on any atom is 0.214 e. The highest BCUT2D eigenvalue weighted by atomic mass is 35.5. The summed E-state index contributed by atoms with van der Waals surface area (Å²) in [5.74, 6) is 0. The quantitative estimate of drug-likeness (QED) is 0.450. The van der Waals surface area contributed by atoms with Crippen LogP contribution < -0.4 is 4.90 Å². The van der Waals surface area contributed by atoms with Gasteiger partial charge in [0.1, 0.15) is 0 Å². The first-order valence-electron chi connectivity index (χ1n) is 4.49. The summed E-state index contributed by atoms with van der Waals surface area (Å²) in [5.41, 5.74) is 2.00. The minimum atomic E-state index is 0.525. The van der Waals surface area contributed by atoms with Gasteiger partial charge in [-0.1, -0.05) is 16.8 Å². The average Bonchev–Trinajstić information content (AvgIpc) is 2.27. The Hall–Kier alpha value is -1.55. The summed E-state index contributed by atoms with van der Waals surface area (Å²) in [5, 5.41) is 12.6. The maximum absolute atomic E-state index is 10.8. The molecule has 1 aromatic rings. The highest BCUT2D eigenvalue weighted by Gasteiger charge is 2.21. The molecular formula is C10H9ClN2O2. The zero-order valence-corrected chi connectivity index (χ0v) is 8.61. The fourth-order valence-corrected chi connectivity index (χ4v) is 1.86. The first-order valence-corrected chi connectivity index (χ1v) is 4.87. The lowest BCUT2D eigenvalue weighted by Gasteiger charge is -2.26. The molecule has 1 N–H and O–H groups in total. The lowest BCUT2D eigenvalue weighted by Crippen LogP contribution is -2.31. The van der Waals surface area contributed by atoms with E-state index in [1.807, 2.05) is 0 Å². The number of hydrogen-bond donors (Lipinski definition) is 1. The van der Waals surface area contributed by atoms with E-state index in [0.29, 0.717) is 29.3 Å². The van der Waals surface area contributed by atoms with Crippen LogP contribution in [-0.2, 0) is 4.79 Å². The molecule has 0 aromatic heterocycles. The number of benzene rings is 1. The van der Waals surface area contributed by atoms with Crippen LogP contribution in [0.5, 0.6) is 0 Å². The fraction of sp³-hybridized carbons (Fsp3) is 0.200. The van der Waals surface area contributed by atoms with Crippen LogP contribution in [0.1, 0.15) is 12.0 Å². The summed E-state index contributed by atoms with van der Waals surface area (Å²) in [6.07, 6.45) is 1.30. The zero-order valence-electron chi connectivity index (χ0n) is 7.85. The minimum absolute atomic E-state index is 0.525. The number of carbonyl (C=O) groups is 1. The lowest BCUT2D eigenvalue weighted by atomic mass is 10.0. The molecule has 1 amide bonds. The number of hydrogen-bond acceptors (Lipinski definition) is 3. The van der Waals surface area contributed by atoms with Crippen molar-refractivity contribution in [2.75, 3.05) is 11.4 Å². The Balaban J connectivity index is 2.58. The molecule has 0 bridgehead atoms. The zero-order chi connectivity index (χ0) is 10.8. The monoisotopic (exact) mass is 224 g/mol. The molecule has 0 atom stereocenters. The normalized spacial score (nSPS) is 17.7. The van der Waals surface area contributed by atoms with E-state index in [2.05, 4.69) is 5.16 Å². The number of rotatable bonds is 1. The minimum Gasteiger partial charge on any atom is -0.411 e. The Bertz CT molecular complexity index is 431. The molecule has 0 unspecified atom stereocenters. The summed E-state index contributed by atoms with van der Waals surface area (Å²) in [6, 6.07) is 5.15.